The number of aliphatic carboxylic acids is 1. The fraction of sp³-hybridized carbons (Fsp3) is 0.370. The van der Waals surface area contributed by atoms with Crippen LogP contribution >= 0.6 is 0 Å². The van der Waals surface area contributed by atoms with Crippen LogP contribution in [0.1, 0.15) is 57.1 Å². The second-order valence-corrected chi connectivity index (χ2v) is 8.75. The lowest BCUT2D eigenvalue weighted by atomic mass is 9.98. The van der Waals surface area contributed by atoms with Gasteiger partial charge in [0.1, 0.15) is 12.6 Å². The molecule has 0 aromatic heterocycles. The number of carbonyl (C=O) groups is 3. The summed E-state index contributed by atoms with van der Waals surface area (Å²) in [7, 11) is 0. The molecule has 7 nitrogen and oxygen atoms in total. The van der Waals surface area contributed by atoms with E-state index in [0.29, 0.717) is 6.42 Å². The van der Waals surface area contributed by atoms with Crippen molar-refractivity contribution >= 4 is 18.0 Å². The first kappa shape index (κ1) is 25.0. The lowest BCUT2D eigenvalue weighted by Gasteiger charge is -2.20. The second kappa shape index (κ2) is 11.5. The van der Waals surface area contributed by atoms with Gasteiger partial charge in [-0.05, 0) is 48.9 Å². The zero-order valence-electron chi connectivity index (χ0n) is 19.8. The fourth-order valence-electron chi connectivity index (χ4n) is 4.16. The van der Waals surface area contributed by atoms with Crippen LogP contribution in [0.2, 0.25) is 0 Å². The first-order valence-electron chi connectivity index (χ1n) is 11.6. The van der Waals surface area contributed by atoms with Crippen molar-refractivity contribution in [2.75, 3.05) is 6.61 Å². The molecule has 2 amide bonds. The lowest BCUT2D eigenvalue weighted by molar-refractivity contribution is -0.141. The van der Waals surface area contributed by atoms with Crippen molar-refractivity contribution in [2.24, 2.45) is 0 Å². The summed E-state index contributed by atoms with van der Waals surface area (Å²) < 4.78 is 5.55. The van der Waals surface area contributed by atoms with Gasteiger partial charge in [-0.1, -0.05) is 67.1 Å². The minimum absolute atomic E-state index is 0.0285. The normalized spacial score (nSPS) is 13.7. The van der Waals surface area contributed by atoms with E-state index < -0.39 is 30.1 Å². The fourth-order valence-corrected chi connectivity index (χ4v) is 4.16. The van der Waals surface area contributed by atoms with E-state index in [1.165, 1.54) is 0 Å². The zero-order valence-corrected chi connectivity index (χ0v) is 19.8. The Morgan fingerprint density at radius 3 is 2.12 bits per heavy atom. The van der Waals surface area contributed by atoms with Gasteiger partial charge in [0.25, 0.3) is 0 Å². The molecular weight excluding hydrogens is 432 g/mol. The molecule has 3 rings (SSSR count). The van der Waals surface area contributed by atoms with Crippen molar-refractivity contribution in [1.82, 2.24) is 10.6 Å². The van der Waals surface area contributed by atoms with Gasteiger partial charge in [-0.25, -0.2) is 9.59 Å². The maximum absolute atomic E-state index is 12.5. The van der Waals surface area contributed by atoms with Crippen molar-refractivity contribution in [1.29, 1.82) is 0 Å². The van der Waals surface area contributed by atoms with E-state index >= 15 is 0 Å². The molecule has 0 aliphatic heterocycles. The van der Waals surface area contributed by atoms with Crippen LogP contribution in [-0.4, -0.2) is 41.8 Å². The molecule has 1 unspecified atom stereocenters. The van der Waals surface area contributed by atoms with Crippen molar-refractivity contribution in [3.8, 4) is 11.1 Å². The molecule has 2 atom stereocenters. The first-order chi connectivity index (χ1) is 16.3. The summed E-state index contributed by atoms with van der Waals surface area (Å²) in [5, 5.41) is 14.6. The Bertz CT molecular complexity index is 1030. The molecule has 34 heavy (non-hydrogen) atoms. The van der Waals surface area contributed by atoms with Crippen molar-refractivity contribution < 1.29 is 24.2 Å². The number of fused-ring (bicyclic) bond motifs is 3. The van der Waals surface area contributed by atoms with Gasteiger partial charge in [-0.2, -0.15) is 0 Å². The standard InChI is InChI=1S/C27H32N2O5/c1-4-18(15-25(30)29-24(26(31)32)14-13-17(2)3)28-27(33)34-16-23-21-11-7-5-9-19(21)20-10-6-8-12-22(20)23/h5-13,18,23-24H,4,14-16H2,1-3H3,(H,28,33)(H,29,30)(H,31,32)/t18-,24?/m1/s1. The molecule has 0 fully saturated rings. The number of carbonyl (C=O) groups excluding carboxylic acids is 2. The van der Waals surface area contributed by atoms with E-state index in [9.17, 15) is 19.5 Å². The Morgan fingerprint density at radius 2 is 1.59 bits per heavy atom. The maximum Gasteiger partial charge on any atom is 0.407 e. The summed E-state index contributed by atoms with van der Waals surface area (Å²) in [4.78, 5) is 36.4. The van der Waals surface area contributed by atoms with Gasteiger partial charge in [0.2, 0.25) is 5.91 Å². The molecule has 3 N–H and O–H groups in total. The van der Waals surface area contributed by atoms with E-state index in [2.05, 4.69) is 34.9 Å². The van der Waals surface area contributed by atoms with Crippen LogP contribution in [-0.2, 0) is 14.3 Å². The van der Waals surface area contributed by atoms with Gasteiger partial charge in [0, 0.05) is 18.4 Å². The highest BCUT2D eigenvalue weighted by Gasteiger charge is 2.29. The number of alkyl carbamates (subject to hydrolysis) is 1. The molecule has 0 spiro atoms. The number of hydrogen-bond acceptors (Lipinski definition) is 4. The maximum atomic E-state index is 12.5. The van der Waals surface area contributed by atoms with Gasteiger partial charge < -0.3 is 20.5 Å². The molecule has 2 aromatic rings. The minimum Gasteiger partial charge on any atom is -0.480 e. The van der Waals surface area contributed by atoms with Crippen molar-refractivity contribution in [2.45, 2.75) is 58.0 Å². The molecular formula is C27H32N2O5. The van der Waals surface area contributed by atoms with E-state index in [0.717, 1.165) is 27.8 Å². The minimum atomic E-state index is -1.09. The van der Waals surface area contributed by atoms with E-state index in [1.807, 2.05) is 45.0 Å². The van der Waals surface area contributed by atoms with Crippen LogP contribution in [0.15, 0.2) is 60.2 Å². The Balaban J connectivity index is 1.55. The number of amides is 2. The van der Waals surface area contributed by atoms with Crippen LogP contribution in [0.4, 0.5) is 4.79 Å². The first-order valence-corrected chi connectivity index (χ1v) is 11.6. The van der Waals surface area contributed by atoms with Crippen molar-refractivity contribution in [3.05, 3.63) is 71.3 Å². The number of ether oxygens (including phenoxy) is 1. The van der Waals surface area contributed by atoms with Crippen LogP contribution in [0.5, 0.6) is 0 Å². The van der Waals surface area contributed by atoms with Gasteiger partial charge in [-0.3, -0.25) is 4.79 Å². The molecule has 0 saturated heterocycles. The van der Waals surface area contributed by atoms with E-state index in [4.69, 9.17) is 4.74 Å². The number of carboxylic acids is 1. The number of allylic oxidation sites excluding steroid dienone is 1. The summed E-state index contributed by atoms with van der Waals surface area (Å²) in [6.45, 7) is 5.77. The molecule has 0 bridgehead atoms. The zero-order chi connectivity index (χ0) is 24.7. The summed E-state index contributed by atoms with van der Waals surface area (Å²) >= 11 is 0. The Kier molecular flexibility index (Phi) is 8.46. The Hall–Kier alpha value is -3.61. The average molecular weight is 465 g/mol. The highest BCUT2D eigenvalue weighted by Crippen LogP contribution is 2.44. The number of nitrogens with one attached hydrogen (secondary N) is 2. The topological polar surface area (TPSA) is 105 Å². The summed E-state index contributed by atoms with van der Waals surface area (Å²) in [5.41, 5.74) is 5.52. The van der Waals surface area contributed by atoms with E-state index in [1.54, 1.807) is 6.08 Å². The molecule has 180 valence electrons. The van der Waals surface area contributed by atoms with Gasteiger partial charge in [-0.15, -0.1) is 0 Å². The van der Waals surface area contributed by atoms with Gasteiger partial charge in [0.15, 0.2) is 0 Å². The van der Waals surface area contributed by atoms with Crippen LogP contribution < -0.4 is 10.6 Å². The SMILES string of the molecule is CC[C@H](CC(=O)NC(CC=C(C)C)C(=O)O)NC(=O)OCC1c2ccccc2-c2ccccc21. The number of carboxylic acid groups (broad SMARTS) is 1. The third-order valence-electron chi connectivity index (χ3n) is 5.99. The third-order valence-corrected chi connectivity index (χ3v) is 5.99. The monoisotopic (exact) mass is 464 g/mol. The van der Waals surface area contributed by atoms with Crippen LogP contribution in [0, 0.1) is 0 Å². The molecule has 0 saturated carbocycles. The van der Waals surface area contributed by atoms with E-state index in [-0.39, 0.29) is 25.4 Å². The molecule has 1 aliphatic carbocycles. The number of hydrogen-bond donors (Lipinski definition) is 3. The summed E-state index contributed by atoms with van der Waals surface area (Å²) in [5.74, 6) is -1.57. The molecule has 0 heterocycles. The lowest BCUT2D eigenvalue weighted by Crippen LogP contribution is -2.44. The number of benzene rings is 2. The highest BCUT2D eigenvalue weighted by atomic mass is 16.5. The average Bonchev–Trinajstić information content (AvgIpc) is 3.13. The van der Waals surface area contributed by atoms with Gasteiger partial charge >= 0.3 is 12.1 Å². The smallest absolute Gasteiger partial charge is 0.407 e. The quantitative estimate of drug-likeness (QED) is 0.445. The Labute approximate surface area is 200 Å². The van der Waals surface area contributed by atoms with Crippen LogP contribution in [0.25, 0.3) is 11.1 Å². The molecule has 1 aliphatic rings. The molecule has 7 heteroatoms. The third kappa shape index (κ3) is 6.25. The summed E-state index contributed by atoms with van der Waals surface area (Å²) in [6, 6.07) is 14.7. The predicted molar refractivity (Wildman–Crippen MR) is 131 cm³/mol. The Morgan fingerprint density at radius 1 is 1.00 bits per heavy atom. The second-order valence-electron chi connectivity index (χ2n) is 8.75. The van der Waals surface area contributed by atoms with Gasteiger partial charge in [0.05, 0.1) is 0 Å². The number of rotatable bonds is 10. The molecule has 0 radical (unpaired) electrons. The summed E-state index contributed by atoms with van der Waals surface area (Å²) in [6.07, 6.45) is 1.86. The van der Waals surface area contributed by atoms with Crippen molar-refractivity contribution in [3.63, 3.8) is 0 Å². The largest absolute Gasteiger partial charge is 0.480 e. The predicted octanol–water partition coefficient (Wildman–Crippen LogP) is 4.62. The molecule has 2 aromatic carbocycles. The van der Waals surface area contributed by atoms with Crippen LogP contribution in [0.3, 0.4) is 0 Å². The highest BCUT2D eigenvalue weighted by molar-refractivity contribution is 5.84.